The third-order valence-electron chi connectivity index (χ3n) is 5.77. The van der Waals surface area contributed by atoms with Crippen molar-refractivity contribution in [3.63, 3.8) is 0 Å². The number of likely N-dealkylation sites (N-methyl/N-ethyl adjacent to an activating group) is 1. The Bertz CT molecular complexity index is 1020. The maximum Gasteiger partial charge on any atom is 0.240 e. The van der Waals surface area contributed by atoms with Crippen molar-refractivity contribution in [2.24, 2.45) is 0 Å². The predicted molar refractivity (Wildman–Crippen MR) is 108 cm³/mol. The number of fused-ring (bicyclic) bond motifs is 4. The molecule has 3 aliphatic heterocycles. The van der Waals surface area contributed by atoms with E-state index in [0.29, 0.717) is 12.6 Å². The van der Waals surface area contributed by atoms with Crippen molar-refractivity contribution in [2.75, 3.05) is 13.6 Å². The molecule has 3 saturated heterocycles. The van der Waals surface area contributed by atoms with Gasteiger partial charge in [0.1, 0.15) is 10.7 Å². The van der Waals surface area contributed by atoms with E-state index in [2.05, 4.69) is 52.2 Å². The second kappa shape index (κ2) is 6.39. The van der Waals surface area contributed by atoms with E-state index >= 15 is 0 Å². The van der Waals surface area contributed by atoms with Crippen LogP contribution in [0.4, 0.5) is 0 Å². The molecule has 2 aromatic heterocycles. The van der Waals surface area contributed by atoms with Crippen molar-refractivity contribution in [1.82, 2.24) is 19.8 Å². The van der Waals surface area contributed by atoms with Crippen LogP contribution in [-0.4, -0.2) is 51.4 Å². The van der Waals surface area contributed by atoms with Gasteiger partial charge in [-0.3, -0.25) is 9.69 Å². The van der Waals surface area contributed by atoms with Crippen LogP contribution in [0.2, 0.25) is 0 Å². The summed E-state index contributed by atoms with van der Waals surface area (Å²) in [7, 11) is 2.06. The Labute approximate surface area is 162 Å². The van der Waals surface area contributed by atoms with Gasteiger partial charge in [-0.05, 0) is 38.4 Å². The summed E-state index contributed by atoms with van der Waals surface area (Å²) in [6.45, 7) is 3.48. The summed E-state index contributed by atoms with van der Waals surface area (Å²) in [6, 6.07) is 12.9. The molecule has 3 aliphatic rings. The Hall–Kier alpha value is -2.31. The first-order valence-electron chi connectivity index (χ1n) is 9.43. The quantitative estimate of drug-likeness (QED) is 0.700. The number of nitrogens with zero attached hydrogens (tertiary/aromatic N) is 4. The Morgan fingerprint density at radius 2 is 2.00 bits per heavy atom. The molecule has 0 spiro atoms. The fourth-order valence-corrected chi connectivity index (χ4v) is 5.50. The van der Waals surface area contributed by atoms with Crippen molar-refractivity contribution >= 4 is 27.5 Å². The topological polar surface area (TPSA) is 49.3 Å². The summed E-state index contributed by atoms with van der Waals surface area (Å²) in [6.07, 6.45) is 2.07. The first-order valence-corrected chi connectivity index (χ1v) is 10.2. The number of carbonyl (C=O) groups excluding carboxylic acids is 1. The summed E-state index contributed by atoms with van der Waals surface area (Å²) in [4.78, 5) is 28.7. The highest BCUT2D eigenvalue weighted by Crippen LogP contribution is 2.35. The summed E-state index contributed by atoms with van der Waals surface area (Å²) in [5, 5.41) is 1.08. The van der Waals surface area contributed by atoms with E-state index in [4.69, 9.17) is 4.98 Å². The smallest absolute Gasteiger partial charge is 0.240 e. The maximum absolute atomic E-state index is 12.9. The summed E-state index contributed by atoms with van der Waals surface area (Å²) in [5.74, 6) is 1.02. The van der Waals surface area contributed by atoms with E-state index in [0.717, 1.165) is 41.1 Å². The molecule has 3 aromatic rings. The number of hydrogen-bond acceptors (Lipinski definition) is 5. The molecule has 2 unspecified atom stereocenters. The number of rotatable bonds is 3. The molecule has 6 rings (SSSR count). The number of aryl methyl sites for hydroxylation is 1. The third kappa shape index (κ3) is 2.84. The molecule has 3 fully saturated rings. The number of aromatic nitrogens is 2. The number of piperazine rings is 1. The molecule has 2 atom stereocenters. The molecule has 5 nitrogen and oxygen atoms in total. The fraction of sp³-hybridized carbons (Fsp3) is 0.381. The van der Waals surface area contributed by atoms with Crippen LogP contribution in [0.25, 0.3) is 20.7 Å². The van der Waals surface area contributed by atoms with Crippen LogP contribution in [0.3, 0.4) is 0 Å². The van der Waals surface area contributed by atoms with E-state index in [9.17, 15) is 4.79 Å². The van der Waals surface area contributed by atoms with E-state index < -0.39 is 0 Å². The first-order chi connectivity index (χ1) is 13.1. The second-order valence-electron chi connectivity index (χ2n) is 7.57. The molecular weight excluding hydrogens is 356 g/mol. The van der Waals surface area contributed by atoms with Crippen molar-refractivity contribution in [3.8, 4) is 10.4 Å². The van der Waals surface area contributed by atoms with E-state index in [1.165, 1.54) is 10.4 Å². The van der Waals surface area contributed by atoms with Crippen molar-refractivity contribution < 1.29 is 4.79 Å². The first kappa shape index (κ1) is 16.8. The maximum atomic E-state index is 12.9. The lowest BCUT2D eigenvalue weighted by atomic mass is 9.90. The number of benzene rings is 1. The Morgan fingerprint density at radius 3 is 2.74 bits per heavy atom. The van der Waals surface area contributed by atoms with E-state index in [1.54, 1.807) is 11.3 Å². The van der Waals surface area contributed by atoms with Gasteiger partial charge in [0.15, 0.2) is 0 Å². The number of hydrogen-bond donors (Lipinski definition) is 0. The molecule has 138 valence electrons. The van der Waals surface area contributed by atoms with Crippen molar-refractivity contribution in [3.05, 3.63) is 47.9 Å². The van der Waals surface area contributed by atoms with Crippen LogP contribution >= 0.6 is 11.3 Å². The van der Waals surface area contributed by atoms with Crippen LogP contribution in [0, 0.1) is 6.92 Å². The Morgan fingerprint density at radius 1 is 1.19 bits per heavy atom. The minimum absolute atomic E-state index is 0.0378. The summed E-state index contributed by atoms with van der Waals surface area (Å²) in [5.41, 5.74) is 2.17. The average molecular weight is 379 g/mol. The Balaban J connectivity index is 1.53. The molecule has 5 heterocycles. The van der Waals surface area contributed by atoms with Gasteiger partial charge < -0.3 is 4.90 Å². The lowest BCUT2D eigenvalue weighted by Gasteiger charge is -2.49. The molecule has 0 radical (unpaired) electrons. The zero-order valence-corrected chi connectivity index (χ0v) is 16.4. The number of piperidine rings is 2. The molecule has 1 aromatic carbocycles. The highest BCUT2D eigenvalue weighted by molar-refractivity contribution is 7.21. The van der Waals surface area contributed by atoms with Crippen molar-refractivity contribution in [2.45, 2.75) is 38.4 Å². The van der Waals surface area contributed by atoms with Gasteiger partial charge in [-0.2, -0.15) is 0 Å². The minimum atomic E-state index is 0.0378. The van der Waals surface area contributed by atoms with Crippen LogP contribution in [0.5, 0.6) is 0 Å². The van der Waals surface area contributed by atoms with Crippen LogP contribution in [0.1, 0.15) is 24.4 Å². The minimum Gasteiger partial charge on any atom is -0.331 e. The average Bonchev–Trinajstić information content (AvgIpc) is 3.09. The van der Waals surface area contributed by atoms with Gasteiger partial charge >= 0.3 is 0 Å². The zero-order chi connectivity index (χ0) is 18.5. The van der Waals surface area contributed by atoms with Gasteiger partial charge in [0.05, 0.1) is 18.3 Å². The van der Waals surface area contributed by atoms with Gasteiger partial charge in [-0.25, -0.2) is 9.97 Å². The molecule has 2 bridgehead atoms. The summed E-state index contributed by atoms with van der Waals surface area (Å²) < 4.78 is 0. The lowest BCUT2D eigenvalue weighted by Crippen LogP contribution is -2.64. The molecule has 27 heavy (non-hydrogen) atoms. The van der Waals surface area contributed by atoms with Gasteiger partial charge in [0.2, 0.25) is 5.91 Å². The molecule has 0 aliphatic carbocycles. The summed E-state index contributed by atoms with van der Waals surface area (Å²) >= 11 is 1.69. The van der Waals surface area contributed by atoms with E-state index in [1.807, 2.05) is 13.0 Å². The van der Waals surface area contributed by atoms with Gasteiger partial charge in [-0.15, -0.1) is 11.3 Å². The molecule has 0 N–H and O–H groups in total. The standard InChI is InChI=1S/C21H22N4OS/c1-13-22-17(12-25-15-8-9-18(21(25)26)24(2)11-15)16-10-19(27-20(16)23-13)14-6-4-3-5-7-14/h3-7,10,15,18H,8-9,11-12H2,1-2H3. The van der Waals surface area contributed by atoms with Gasteiger partial charge in [-0.1, -0.05) is 30.3 Å². The predicted octanol–water partition coefficient (Wildman–Crippen LogP) is 3.47. The third-order valence-corrected chi connectivity index (χ3v) is 6.85. The highest BCUT2D eigenvalue weighted by Gasteiger charge is 2.43. The normalized spacial score (nSPS) is 22.7. The van der Waals surface area contributed by atoms with E-state index in [-0.39, 0.29) is 11.9 Å². The Kier molecular flexibility index (Phi) is 3.98. The number of carbonyl (C=O) groups is 1. The number of thiophene rings is 1. The zero-order valence-electron chi connectivity index (χ0n) is 15.6. The lowest BCUT2D eigenvalue weighted by molar-refractivity contribution is -0.152. The molecule has 0 saturated carbocycles. The van der Waals surface area contributed by atoms with Crippen LogP contribution in [-0.2, 0) is 11.3 Å². The van der Waals surface area contributed by atoms with Crippen molar-refractivity contribution in [1.29, 1.82) is 0 Å². The van der Waals surface area contributed by atoms with Crippen LogP contribution in [0.15, 0.2) is 36.4 Å². The number of amides is 1. The largest absolute Gasteiger partial charge is 0.331 e. The fourth-order valence-electron chi connectivity index (χ4n) is 4.39. The van der Waals surface area contributed by atoms with Crippen LogP contribution < -0.4 is 0 Å². The second-order valence-corrected chi connectivity index (χ2v) is 8.60. The molecule has 1 amide bonds. The molecular formula is C21H22N4OS. The molecule has 6 heteroatoms. The van der Waals surface area contributed by atoms with Gasteiger partial charge in [0.25, 0.3) is 0 Å². The SMILES string of the molecule is Cc1nc(CN2C(=O)C3CCC2CN3C)c2cc(-c3ccccc3)sc2n1. The van der Waals surface area contributed by atoms with Gasteiger partial charge in [0, 0.05) is 22.8 Å². The highest BCUT2D eigenvalue weighted by atomic mass is 32.1. The monoisotopic (exact) mass is 378 g/mol.